The summed E-state index contributed by atoms with van der Waals surface area (Å²) in [7, 11) is 0. The number of alkyl halides is 2. The Balaban J connectivity index is 3.24. The Morgan fingerprint density at radius 1 is 0.643 bits per heavy atom. The fourth-order valence-electron chi connectivity index (χ4n) is 2.99. The van der Waals surface area contributed by atoms with Crippen LogP contribution >= 0.6 is 23.2 Å². The van der Waals surface area contributed by atoms with E-state index in [4.69, 9.17) is 32.7 Å². The SMILES string of the molecule is CCCCCCCCCCCCCCCCOC(=O)CCC(=O)OCC(Cl)Cl. The zero-order valence-electron chi connectivity index (χ0n) is 17.7. The van der Waals surface area contributed by atoms with Gasteiger partial charge in [0.25, 0.3) is 0 Å². The third kappa shape index (κ3) is 21.8. The lowest BCUT2D eigenvalue weighted by molar-refractivity contribution is -0.150. The lowest BCUT2D eigenvalue weighted by Crippen LogP contribution is -2.13. The summed E-state index contributed by atoms with van der Waals surface area (Å²) in [6.07, 6.45) is 18.2. The third-order valence-corrected chi connectivity index (χ3v) is 4.92. The van der Waals surface area contributed by atoms with Crippen LogP contribution in [0.15, 0.2) is 0 Å². The first-order valence-electron chi connectivity index (χ1n) is 11.2. The molecular formula is C22H40Cl2O4. The zero-order valence-corrected chi connectivity index (χ0v) is 19.2. The minimum absolute atomic E-state index is 0.00191. The average Bonchev–Trinajstić information content (AvgIpc) is 2.67. The van der Waals surface area contributed by atoms with Gasteiger partial charge in [-0.25, -0.2) is 0 Å². The number of esters is 2. The van der Waals surface area contributed by atoms with E-state index in [1.807, 2.05) is 0 Å². The van der Waals surface area contributed by atoms with Gasteiger partial charge in [0.05, 0.1) is 19.4 Å². The van der Waals surface area contributed by atoms with E-state index in [1.165, 1.54) is 77.0 Å². The number of hydrogen-bond donors (Lipinski definition) is 0. The van der Waals surface area contributed by atoms with Gasteiger partial charge in [0.15, 0.2) is 0 Å². The smallest absolute Gasteiger partial charge is 0.306 e. The topological polar surface area (TPSA) is 52.6 Å². The molecule has 166 valence electrons. The Labute approximate surface area is 182 Å². The number of rotatable bonds is 20. The Morgan fingerprint density at radius 3 is 1.46 bits per heavy atom. The molecule has 0 amide bonds. The molecule has 0 spiro atoms. The fourth-order valence-corrected chi connectivity index (χ4v) is 3.11. The monoisotopic (exact) mass is 438 g/mol. The second-order valence-electron chi connectivity index (χ2n) is 7.39. The number of ether oxygens (including phenoxy) is 2. The van der Waals surface area contributed by atoms with Crippen molar-refractivity contribution >= 4 is 35.1 Å². The minimum atomic E-state index is -0.740. The maximum Gasteiger partial charge on any atom is 0.306 e. The maximum atomic E-state index is 11.5. The van der Waals surface area contributed by atoms with Crippen LogP contribution in [0.4, 0.5) is 0 Å². The Morgan fingerprint density at radius 2 is 1.04 bits per heavy atom. The summed E-state index contributed by atoms with van der Waals surface area (Å²) in [5, 5.41) is 0. The molecule has 0 aromatic rings. The molecule has 0 saturated heterocycles. The molecule has 0 aliphatic carbocycles. The van der Waals surface area contributed by atoms with Gasteiger partial charge in [-0.2, -0.15) is 0 Å². The molecule has 0 fully saturated rings. The molecule has 6 heteroatoms. The second-order valence-corrected chi connectivity index (χ2v) is 8.67. The number of carbonyl (C=O) groups excluding carboxylic acids is 2. The molecule has 0 bridgehead atoms. The van der Waals surface area contributed by atoms with Crippen LogP contribution in [-0.4, -0.2) is 30.0 Å². The molecule has 0 heterocycles. The van der Waals surface area contributed by atoms with E-state index < -0.39 is 10.8 Å². The minimum Gasteiger partial charge on any atom is -0.466 e. The van der Waals surface area contributed by atoms with Crippen LogP contribution in [0.3, 0.4) is 0 Å². The molecule has 0 radical (unpaired) electrons. The summed E-state index contributed by atoms with van der Waals surface area (Å²) in [5.41, 5.74) is 0. The van der Waals surface area contributed by atoms with Crippen molar-refractivity contribution < 1.29 is 19.1 Å². The van der Waals surface area contributed by atoms with E-state index in [-0.39, 0.29) is 25.4 Å². The predicted octanol–water partition coefficient (Wildman–Crippen LogP) is 7.14. The van der Waals surface area contributed by atoms with Crippen LogP contribution in [0.25, 0.3) is 0 Å². The summed E-state index contributed by atoms with van der Waals surface area (Å²) in [4.78, 5) is 22.1. The molecule has 28 heavy (non-hydrogen) atoms. The van der Waals surface area contributed by atoms with Crippen molar-refractivity contribution in [3.8, 4) is 0 Å². The van der Waals surface area contributed by atoms with Crippen molar-refractivity contribution in [1.29, 1.82) is 0 Å². The van der Waals surface area contributed by atoms with Crippen molar-refractivity contribution in [2.45, 2.75) is 114 Å². The highest BCUT2D eigenvalue weighted by atomic mass is 35.5. The van der Waals surface area contributed by atoms with E-state index in [1.54, 1.807) is 0 Å². The number of hydrogen-bond acceptors (Lipinski definition) is 4. The van der Waals surface area contributed by atoms with Crippen molar-refractivity contribution in [3.05, 3.63) is 0 Å². The molecule has 0 rings (SSSR count). The second kappa shape index (κ2) is 21.2. The normalized spacial score (nSPS) is 11.0. The van der Waals surface area contributed by atoms with Crippen molar-refractivity contribution in [2.24, 2.45) is 0 Å². The standard InChI is InChI=1S/C22H40Cl2O4/c1-2-3-4-5-6-7-8-9-10-11-12-13-14-15-18-27-21(25)16-17-22(26)28-19-20(23)24/h20H,2-19H2,1H3. The van der Waals surface area contributed by atoms with Crippen LogP contribution in [0, 0.1) is 0 Å². The maximum absolute atomic E-state index is 11.5. The largest absolute Gasteiger partial charge is 0.466 e. The zero-order chi connectivity index (χ0) is 20.9. The number of halogens is 2. The molecule has 0 aliphatic heterocycles. The van der Waals surface area contributed by atoms with E-state index in [9.17, 15) is 9.59 Å². The van der Waals surface area contributed by atoms with Gasteiger partial charge in [0.1, 0.15) is 11.4 Å². The summed E-state index contributed by atoms with van der Waals surface area (Å²) >= 11 is 10.9. The van der Waals surface area contributed by atoms with E-state index in [2.05, 4.69) is 6.92 Å². The molecule has 0 aliphatic rings. The van der Waals surface area contributed by atoms with Gasteiger partial charge >= 0.3 is 11.9 Å². The molecular weight excluding hydrogens is 399 g/mol. The van der Waals surface area contributed by atoms with Gasteiger partial charge < -0.3 is 9.47 Å². The summed E-state index contributed by atoms with van der Waals surface area (Å²) < 4.78 is 9.90. The van der Waals surface area contributed by atoms with Gasteiger partial charge in [0.2, 0.25) is 0 Å². The van der Waals surface area contributed by atoms with E-state index in [0.717, 1.165) is 12.8 Å². The van der Waals surface area contributed by atoms with Crippen LogP contribution in [0.1, 0.15) is 110 Å². The van der Waals surface area contributed by atoms with Crippen LogP contribution in [0.2, 0.25) is 0 Å². The molecule has 0 aromatic heterocycles. The number of carbonyl (C=O) groups is 2. The van der Waals surface area contributed by atoms with Crippen LogP contribution in [0.5, 0.6) is 0 Å². The molecule has 0 atom stereocenters. The van der Waals surface area contributed by atoms with Crippen LogP contribution < -0.4 is 0 Å². The van der Waals surface area contributed by atoms with Gasteiger partial charge in [-0.3, -0.25) is 9.59 Å². The molecule has 4 nitrogen and oxygen atoms in total. The molecule has 0 unspecified atom stereocenters. The van der Waals surface area contributed by atoms with Crippen LogP contribution in [-0.2, 0) is 19.1 Å². The van der Waals surface area contributed by atoms with E-state index in [0.29, 0.717) is 6.61 Å². The third-order valence-electron chi connectivity index (χ3n) is 4.66. The predicted molar refractivity (Wildman–Crippen MR) is 117 cm³/mol. The Bertz CT molecular complexity index is 376. The Kier molecular flexibility index (Phi) is 20.9. The van der Waals surface area contributed by atoms with E-state index >= 15 is 0 Å². The molecule has 0 N–H and O–H groups in total. The van der Waals surface area contributed by atoms with Gasteiger partial charge in [-0.1, -0.05) is 90.4 Å². The fraction of sp³-hybridized carbons (Fsp3) is 0.909. The first-order valence-corrected chi connectivity index (χ1v) is 12.0. The molecule has 0 aromatic carbocycles. The highest BCUT2D eigenvalue weighted by Crippen LogP contribution is 2.13. The summed E-state index contributed by atoms with van der Waals surface area (Å²) in [6, 6.07) is 0. The summed E-state index contributed by atoms with van der Waals surface area (Å²) in [5.74, 6) is -0.848. The highest BCUT2D eigenvalue weighted by molar-refractivity contribution is 6.44. The summed E-state index contributed by atoms with van der Waals surface area (Å²) in [6.45, 7) is 2.63. The first-order chi connectivity index (χ1) is 13.6. The lowest BCUT2D eigenvalue weighted by Gasteiger charge is -2.06. The van der Waals surface area contributed by atoms with Gasteiger partial charge in [-0.05, 0) is 6.42 Å². The van der Waals surface area contributed by atoms with Crippen molar-refractivity contribution in [1.82, 2.24) is 0 Å². The van der Waals surface area contributed by atoms with Gasteiger partial charge in [-0.15, -0.1) is 23.2 Å². The highest BCUT2D eigenvalue weighted by Gasteiger charge is 2.10. The first kappa shape index (κ1) is 27.5. The Hall–Kier alpha value is -0.480. The lowest BCUT2D eigenvalue weighted by atomic mass is 10.0. The van der Waals surface area contributed by atoms with Gasteiger partial charge in [0, 0.05) is 0 Å². The quantitative estimate of drug-likeness (QED) is 0.115. The number of unbranched alkanes of at least 4 members (excludes halogenated alkanes) is 13. The van der Waals surface area contributed by atoms with Crippen molar-refractivity contribution in [2.75, 3.05) is 13.2 Å². The average molecular weight is 439 g/mol. The molecule has 0 saturated carbocycles. The van der Waals surface area contributed by atoms with Crippen molar-refractivity contribution in [3.63, 3.8) is 0 Å².